The number of rotatable bonds is 4. The number of aromatic nitrogens is 2. The fourth-order valence-corrected chi connectivity index (χ4v) is 2.59. The highest BCUT2D eigenvalue weighted by molar-refractivity contribution is 6.30. The predicted molar refractivity (Wildman–Crippen MR) is 79.8 cm³/mol. The zero-order valence-electron chi connectivity index (χ0n) is 11.2. The lowest BCUT2D eigenvalue weighted by atomic mass is 9.76. The Morgan fingerprint density at radius 1 is 1.19 bits per heavy atom. The van der Waals surface area contributed by atoms with Crippen LogP contribution in [0.3, 0.4) is 0 Å². The minimum atomic E-state index is -1.07. The maximum atomic E-state index is 10.7. The number of benzene rings is 1. The van der Waals surface area contributed by atoms with Gasteiger partial charge in [-0.05, 0) is 36.5 Å². The van der Waals surface area contributed by atoms with E-state index in [1.807, 2.05) is 12.1 Å². The van der Waals surface area contributed by atoms with Crippen molar-refractivity contribution in [2.75, 3.05) is 5.32 Å². The lowest BCUT2D eigenvalue weighted by Crippen LogP contribution is -2.34. The van der Waals surface area contributed by atoms with Crippen molar-refractivity contribution in [2.45, 2.75) is 24.8 Å². The van der Waals surface area contributed by atoms with E-state index in [-0.39, 0.29) is 5.69 Å². The van der Waals surface area contributed by atoms with Crippen LogP contribution in [0.25, 0.3) is 0 Å². The van der Waals surface area contributed by atoms with Crippen LogP contribution in [0.1, 0.15) is 34.8 Å². The van der Waals surface area contributed by atoms with Crippen molar-refractivity contribution < 1.29 is 9.90 Å². The topological polar surface area (TPSA) is 75.1 Å². The van der Waals surface area contributed by atoms with Gasteiger partial charge in [-0.2, -0.15) is 0 Å². The minimum absolute atomic E-state index is 0.0480. The Labute approximate surface area is 127 Å². The summed E-state index contributed by atoms with van der Waals surface area (Å²) in [6.45, 7) is 0. The molecule has 21 heavy (non-hydrogen) atoms. The zero-order chi connectivity index (χ0) is 14.8. The van der Waals surface area contributed by atoms with Gasteiger partial charge < -0.3 is 10.4 Å². The third-order valence-electron chi connectivity index (χ3n) is 3.70. The number of hydrogen-bond acceptors (Lipinski definition) is 4. The third kappa shape index (κ3) is 3.13. The summed E-state index contributed by atoms with van der Waals surface area (Å²) in [5, 5.41) is 12.8. The largest absolute Gasteiger partial charge is 0.476 e. The fourth-order valence-electron chi connectivity index (χ4n) is 2.46. The highest BCUT2D eigenvalue weighted by Gasteiger charge is 2.30. The molecule has 2 N–H and O–H groups in total. The summed E-state index contributed by atoms with van der Waals surface area (Å²) >= 11 is 5.88. The minimum Gasteiger partial charge on any atom is -0.476 e. The van der Waals surface area contributed by atoms with Crippen LogP contribution in [0.4, 0.5) is 5.82 Å². The number of carboxylic acids is 1. The summed E-state index contributed by atoms with van der Waals surface area (Å²) in [7, 11) is 0. The molecule has 3 rings (SSSR count). The second kappa shape index (κ2) is 5.69. The Morgan fingerprint density at radius 2 is 1.90 bits per heavy atom. The van der Waals surface area contributed by atoms with Crippen molar-refractivity contribution in [3.05, 3.63) is 52.9 Å². The Morgan fingerprint density at radius 3 is 2.48 bits per heavy atom. The monoisotopic (exact) mass is 303 g/mol. The van der Waals surface area contributed by atoms with Crippen molar-refractivity contribution >= 4 is 23.4 Å². The first kappa shape index (κ1) is 13.8. The molecular weight excluding hydrogens is 290 g/mol. The number of anilines is 1. The Balaban J connectivity index is 1.54. The smallest absolute Gasteiger partial charge is 0.356 e. The van der Waals surface area contributed by atoms with Crippen molar-refractivity contribution in [2.24, 2.45) is 0 Å². The molecule has 0 unspecified atom stereocenters. The molecule has 0 radical (unpaired) electrons. The molecule has 1 aromatic carbocycles. The number of hydrogen-bond donors (Lipinski definition) is 2. The van der Waals surface area contributed by atoms with Crippen LogP contribution >= 0.6 is 11.6 Å². The second-order valence-corrected chi connectivity index (χ2v) is 5.59. The third-order valence-corrected chi connectivity index (χ3v) is 3.95. The van der Waals surface area contributed by atoms with Gasteiger partial charge in [0.2, 0.25) is 0 Å². The number of aromatic carboxylic acids is 1. The van der Waals surface area contributed by atoms with Crippen molar-refractivity contribution in [3.8, 4) is 0 Å². The van der Waals surface area contributed by atoms with Crippen LogP contribution in [0.2, 0.25) is 5.02 Å². The molecule has 1 aliphatic rings. The lowest BCUT2D eigenvalue weighted by molar-refractivity contribution is 0.0690. The molecule has 6 heteroatoms. The normalized spacial score (nSPS) is 20.6. The van der Waals surface area contributed by atoms with Gasteiger partial charge in [-0.3, -0.25) is 0 Å². The molecule has 5 nitrogen and oxygen atoms in total. The molecule has 1 fully saturated rings. The summed E-state index contributed by atoms with van der Waals surface area (Å²) < 4.78 is 0. The number of halogens is 1. The van der Waals surface area contributed by atoms with Gasteiger partial charge in [-0.15, -0.1) is 0 Å². The number of nitrogens with zero attached hydrogens (tertiary/aromatic N) is 2. The summed E-state index contributed by atoms with van der Waals surface area (Å²) in [6.07, 6.45) is 4.76. The molecule has 0 amide bonds. The van der Waals surface area contributed by atoms with E-state index in [0.29, 0.717) is 17.8 Å². The van der Waals surface area contributed by atoms with Gasteiger partial charge in [0.15, 0.2) is 5.69 Å². The Bertz CT molecular complexity index is 637. The number of nitrogens with one attached hydrogen (secondary N) is 1. The SMILES string of the molecule is O=C(O)c1cnc(NC2CC(c3ccc(Cl)cc3)C2)cn1. The van der Waals surface area contributed by atoms with Crippen LogP contribution in [0.15, 0.2) is 36.7 Å². The van der Waals surface area contributed by atoms with Gasteiger partial charge in [0, 0.05) is 11.1 Å². The first-order valence-corrected chi connectivity index (χ1v) is 7.07. The number of carbonyl (C=O) groups is 1. The maximum absolute atomic E-state index is 10.7. The van der Waals surface area contributed by atoms with Crippen molar-refractivity contribution in [1.29, 1.82) is 0 Å². The van der Waals surface area contributed by atoms with E-state index in [2.05, 4.69) is 27.4 Å². The van der Waals surface area contributed by atoms with E-state index in [9.17, 15) is 4.79 Å². The standard InChI is InChI=1S/C15H14ClN3O2/c16-11-3-1-9(2-4-11)10-5-12(6-10)19-14-8-17-13(7-18-14)15(20)21/h1-4,7-8,10,12H,5-6H2,(H,18,19)(H,20,21). The number of carboxylic acid groups (broad SMARTS) is 1. The van der Waals surface area contributed by atoms with E-state index in [4.69, 9.17) is 16.7 Å². The molecule has 0 saturated heterocycles. The van der Waals surface area contributed by atoms with E-state index in [1.165, 1.54) is 18.0 Å². The Hall–Kier alpha value is -2.14. The fraction of sp³-hybridized carbons (Fsp3) is 0.267. The molecule has 1 aliphatic carbocycles. The van der Waals surface area contributed by atoms with E-state index < -0.39 is 5.97 Å². The highest BCUT2D eigenvalue weighted by atomic mass is 35.5. The van der Waals surface area contributed by atoms with Gasteiger partial charge >= 0.3 is 5.97 Å². The van der Waals surface area contributed by atoms with Crippen LogP contribution in [0, 0.1) is 0 Å². The molecule has 0 bridgehead atoms. The van der Waals surface area contributed by atoms with Crippen molar-refractivity contribution in [3.63, 3.8) is 0 Å². The quantitative estimate of drug-likeness (QED) is 0.907. The average Bonchev–Trinajstić information content (AvgIpc) is 2.44. The maximum Gasteiger partial charge on any atom is 0.356 e. The van der Waals surface area contributed by atoms with E-state index in [1.54, 1.807) is 0 Å². The Kier molecular flexibility index (Phi) is 3.75. The molecule has 0 aliphatic heterocycles. The molecule has 2 aromatic rings. The molecule has 0 atom stereocenters. The summed E-state index contributed by atoms with van der Waals surface area (Å²) in [4.78, 5) is 18.6. The van der Waals surface area contributed by atoms with Gasteiger partial charge in [0.1, 0.15) is 5.82 Å². The second-order valence-electron chi connectivity index (χ2n) is 5.15. The average molecular weight is 304 g/mol. The summed E-state index contributed by atoms with van der Waals surface area (Å²) in [6, 6.07) is 8.28. The van der Waals surface area contributed by atoms with Gasteiger partial charge in [0.05, 0.1) is 12.4 Å². The van der Waals surface area contributed by atoms with Gasteiger partial charge in [0.25, 0.3) is 0 Å². The first-order chi connectivity index (χ1) is 10.1. The predicted octanol–water partition coefficient (Wildman–Crippen LogP) is 3.19. The molecule has 108 valence electrons. The van der Waals surface area contributed by atoms with Crippen LogP contribution in [0.5, 0.6) is 0 Å². The lowest BCUT2D eigenvalue weighted by Gasteiger charge is -2.36. The first-order valence-electron chi connectivity index (χ1n) is 6.69. The highest BCUT2D eigenvalue weighted by Crippen LogP contribution is 2.38. The van der Waals surface area contributed by atoms with Crippen LogP contribution in [-0.2, 0) is 0 Å². The summed E-state index contributed by atoms with van der Waals surface area (Å²) in [5.74, 6) is 0.0751. The van der Waals surface area contributed by atoms with Crippen LogP contribution < -0.4 is 5.32 Å². The van der Waals surface area contributed by atoms with E-state index in [0.717, 1.165) is 17.9 Å². The van der Waals surface area contributed by atoms with Crippen molar-refractivity contribution in [1.82, 2.24) is 9.97 Å². The molecule has 1 aromatic heterocycles. The molecule has 1 saturated carbocycles. The van der Waals surface area contributed by atoms with E-state index >= 15 is 0 Å². The van der Waals surface area contributed by atoms with Gasteiger partial charge in [-0.1, -0.05) is 23.7 Å². The van der Waals surface area contributed by atoms with Gasteiger partial charge in [-0.25, -0.2) is 14.8 Å². The summed E-state index contributed by atoms with van der Waals surface area (Å²) in [5.41, 5.74) is 1.25. The molecule has 0 spiro atoms. The zero-order valence-corrected chi connectivity index (χ0v) is 11.9. The molecule has 1 heterocycles. The van der Waals surface area contributed by atoms with Crippen LogP contribution in [-0.4, -0.2) is 27.1 Å². The molecular formula is C15H14ClN3O2.